The normalized spacial score (nSPS) is 19.0. The Kier molecular flexibility index (Phi) is 5.03. The zero-order valence-corrected chi connectivity index (χ0v) is 18.2. The maximum atomic E-state index is 12.7. The van der Waals surface area contributed by atoms with E-state index in [-0.39, 0.29) is 12.5 Å². The third-order valence-corrected chi connectivity index (χ3v) is 5.69. The third kappa shape index (κ3) is 3.78. The number of nitrogens with one attached hydrogen (secondary N) is 1. The van der Waals surface area contributed by atoms with Gasteiger partial charge in [0.25, 0.3) is 0 Å². The molecule has 0 spiro atoms. The monoisotopic (exact) mass is 424 g/mol. The molecule has 0 saturated carbocycles. The van der Waals surface area contributed by atoms with Gasteiger partial charge in [0.2, 0.25) is 5.91 Å². The number of thiophene rings is 1. The van der Waals surface area contributed by atoms with Crippen LogP contribution in [0, 0.1) is 0 Å². The first kappa shape index (κ1) is 20.4. The Morgan fingerprint density at radius 1 is 1.27 bits per heavy atom. The van der Waals surface area contributed by atoms with Crippen LogP contribution < -0.4 is 5.32 Å². The van der Waals surface area contributed by atoms with Crippen molar-refractivity contribution in [2.75, 3.05) is 11.9 Å². The van der Waals surface area contributed by atoms with Crippen LogP contribution in [0.5, 0.6) is 0 Å². The topological polar surface area (TPSA) is 69.6 Å². The molecule has 1 aromatic carbocycles. The van der Waals surface area contributed by atoms with Gasteiger partial charge in [-0.25, -0.2) is 4.79 Å². The lowest BCUT2D eigenvalue weighted by Gasteiger charge is -2.29. The van der Waals surface area contributed by atoms with Crippen LogP contribution in [-0.2, 0) is 19.9 Å². The highest BCUT2D eigenvalue weighted by Gasteiger charge is 2.36. The zero-order valence-electron chi connectivity index (χ0n) is 17.4. The van der Waals surface area contributed by atoms with E-state index in [1.165, 1.54) is 4.57 Å². The second-order valence-electron chi connectivity index (χ2n) is 8.39. The summed E-state index contributed by atoms with van der Waals surface area (Å²) in [5, 5.41) is 6.93. The fraction of sp³-hybridized carbons (Fsp3) is 0.304. The summed E-state index contributed by atoms with van der Waals surface area (Å²) in [6, 6.07) is 11.4. The molecule has 0 radical (unpaired) electrons. The van der Waals surface area contributed by atoms with Crippen molar-refractivity contribution in [2.24, 2.45) is 0 Å². The van der Waals surface area contributed by atoms with Gasteiger partial charge in [0.05, 0.1) is 5.69 Å². The highest BCUT2D eigenvalue weighted by Crippen LogP contribution is 2.42. The molecule has 6 nitrogen and oxygen atoms in total. The fourth-order valence-electron chi connectivity index (χ4n) is 3.54. The van der Waals surface area contributed by atoms with Crippen LogP contribution in [-0.4, -0.2) is 28.8 Å². The van der Waals surface area contributed by atoms with Crippen LogP contribution in [0.1, 0.15) is 38.8 Å². The van der Waals surface area contributed by atoms with E-state index >= 15 is 0 Å². The maximum Gasteiger partial charge on any atom is 0.418 e. The number of carbonyl (C=O) groups excluding carboxylic acids is 2. The van der Waals surface area contributed by atoms with Crippen LogP contribution >= 0.6 is 11.3 Å². The number of anilines is 1. The van der Waals surface area contributed by atoms with Crippen molar-refractivity contribution in [1.82, 2.24) is 4.57 Å². The predicted octanol–water partition coefficient (Wildman–Crippen LogP) is 5.23. The molecular weight excluding hydrogens is 400 g/mol. The fourth-order valence-corrected chi connectivity index (χ4v) is 4.30. The molecule has 7 heteroatoms. The van der Waals surface area contributed by atoms with Gasteiger partial charge in [0.15, 0.2) is 0 Å². The van der Waals surface area contributed by atoms with Gasteiger partial charge >= 0.3 is 6.09 Å². The molecule has 3 aromatic rings. The Morgan fingerprint density at radius 2 is 2.07 bits per heavy atom. The summed E-state index contributed by atoms with van der Waals surface area (Å²) < 4.78 is 13.1. The van der Waals surface area contributed by atoms with Gasteiger partial charge < -0.3 is 14.8 Å². The average Bonchev–Trinajstić information content (AvgIpc) is 3.35. The van der Waals surface area contributed by atoms with Crippen LogP contribution in [0.4, 0.5) is 10.5 Å². The standard InChI is InChI=1S/C23H24N2O4S/c1-22(2,3)29-21(27)25-10-5-6-19(25)15-7-8-18-17(12-15)23(4,16-9-11-30-14-16)28-13-20(26)24-18/h5-12,14H,13H2,1-4H3,(H,24,26). The van der Waals surface area contributed by atoms with E-state index in [1.54, 1.807) is 23.6 Å². The molecule has 1 aliphatic rings. The van der Waals surface area contributed by atoms with Gasteiger partial charge in [0.1, 0.15) is 17.8 Å². The molecule has 1 atom stereocenters. The van der Waals surface area contributed by atoms with Crippen LogP contribution in [0.15, 0.2) is 53.4 Å². The Morgan fingerprint density at radius 3 is 2.77 bits per heavy atom. The highest BCUT2D eigenvalue weighted by molar-refractivity contribution is 7.08. The number of amides is 1. The molecule has 1 aliphatic heterocycles. The first-order valence-electron chi connectivity index (χ1n) is 9.69. The quantitative estimate of drug-likeness (QED) is 0.611. The van der Waals surface area contributed by atoms with Gasteiger partial charge in [-0.1, -0.05) is 6.07 Å². The number of hydrogen-bond acceptors (Lipinski definition) is 5. The summed E-state index contributed by atoms with van der Waals surface area (Å²) in [6.45, 7) is 7.43. The number of hydrogen-bond donors (Lipinski definition) is 1. The maximum absolute atomic E-state index is 12.7. The molecule has 4 rings (SSSR count). The van der Waals surface area contributed by atoms with E-state index in [9.17, 15) is 9.59 Å². The summed E-state index contributed by atoms with van der Waals surface area (Å²) in [7, 11) is 0. The van der Waals surface area contributed by atoms with E-state index < -0.39 is 17.3 Å². The first-order chi connectivity index (χ1) is 14.2. The number of nitrogens with zero attached hydrogens (tertiary/aromatic N) is 1. The Bertz CT molecular complexity index is 1090. The molecular formula is C23H24N2O4S. The smallest absolute Gasteiger partial charge is 0.418 e. The van der Waals surface area contributed by atoms with Gasteiger partial charge in [-0.3, -0.25) is 9.36 Å². The van der Waals surface area contributed by atoms with E-state index in [1.807, 2.05) is 68.8 Å². The number of benzene rings is 1. The Balaban J connectivity index is 1.81. The van der Waals surface area contributed by atoms with Gasteiger partial charge in [-0.15, -0.1) is 0 Å². The summed E-state index contributed by atoms with van der Waals surface area (Å²) in [5.41, 5.74) is 2.65. The zero-order chi connectivity index (χ0) is 21.5. The summed E-state index contributed by atoms with van der Waals surface area (Å²) in [6.07, 6.45) is 1.24. The lowest BCUT2D eigenvalue weighted by Crippen LogP contribution is -2.28. The minimum absolute atomic E-state index is 0.0371. The third-order valence-electron chi connectivity index (χ3n) is 5.01. The predicted molar refractivity (Wildman–Crippen MR) is 117 cm³/mol. The van der Waals surface area contributed by atoms with Crippen LogP contribution in [0.2, 0.25) is 0 Å². The number of carbonyl (C=O) groups is 2. The number of rotatable bonds is 2. The van der Waals surface area contributed by atoms with Crippen molar-refractivity contribution in [3.8, 4) is 11.3 Å². The van der Waals surface area contributed by atoms with Crippen molar-refractivity contribution in [2.45, 2.75) is 38.9 Å². The molecule has 3 heterocycles. The second-order valence-corrected chi connectivity index (χ2v) is 9.17. The number of fused-ring (bicyclic) bond motifs is 1. The van der Waals surface area contributed by atoms with Gasteiger partial charge in [0, 0.05) is 17.4 Å². The van der Waals surface area contributed by atoms with Gasteiger partial charge in [-0.2, -0.15) is 11.3 Å². The highest BCUT2D eigenvalue weighted by atomic mass is 32.1. The molecule has 2 aromatic heterocycles. The molecule has 156 valence electrons. The summed E-state index contributed by atoms with van der Waals surface area (Å²) in [4.78, 5) is 24.9. The van der Waals surface area contributed by atoms with Crippen molar-refractivity contribution < 1.29 is 19.1 Å². The number of aromatic nitrogens is 1. The SMILES string of the molecule is CC(C)(C)OC(=O)n1cccc1-c1ccc2c(c1)C(C)(c1ccsc1)OCC(=O)N2. The van der Waals surface area contributed by atoms with Crippen LogP contribution in [0.3, 0.4) is 0 Å². The minimum Gasteiger partial charge on any atom is -0.443 e. The number of ether oxygens (including phenoxy) is 2. The lowest BCUT2D eigenvalue weighted by atomic mass is 9.87. The van der Waals surface area contributed by atoms with E-state index in [4.69, 9.17) is 9.47 Å². The van der Waals surface area contributed by atoms with Gasteiger partial charge in [-0.05, 0) is 79.9 Å². The average molecular weight is 425 g/mol. The molecule has 1 amide bonds. The van der Waals surface area contributed by atoms with E-state index in [0.29, 0.717) is 11.4 Å². The Hall–Kier alpha value is -2.90. The minimum atomic E-state index is -0.798. The summed E-state index contributed by atoms with van der Waals surface area (Å²) >= 11 is 1.58. The van der Waals surface area contributed by atoms with Crippen molar-refractivity contribution >= 4 is 29.0 Å². The van der Waals surface area contributed by atoms with E-state index in [2.05, 4.69) is 5.32 Å². The molecule has 0 bridgehead atoms. The molecule has 1 unspecified atom stereocenters. The molecule has 0 saturated heterocycles. The Labute approximate surface area is 179 Å². The lowest BCUT2D eigenvalue weighted by molar-refractivity contribution is -0.124. The van der Waals surface area contributed by atoms with Crippen molar-refractivity contribution in [3.05, 3.63) is 64.5 Å². The van der Waals surface area contributed by atoms with Crippen molar-refractivity contribution in [1.29, 1.82) is 0 Å². The van der Waals surface area contributed by atoms with E-state index in [0.717, 1.165) is 16.7 Å². The molecule has 0 aliphatic carbocycles. The summed E-state index contributed by atoms with van der Waals surface area (Å²) in [5.74, 6) is -0.194. The van der Waals surface area contributed by atoms with Crippen LogP contribution in [0.25, 0.3) is 11.3 Å². The molecule has 30 heavy (non-hydrogen) atoms. The largest absolute Gasteiger partial charge is 0.443 e. The molecule has 0 fully saturated rings. The first-order valence-corrected chi connectivity index (χ1v) is 10.6. The molecule has 1 N–H and O–H groups in total. The van der Waals surface area contributed by atoms with Crippen molar-refractivity contribution in [3.63, 3.8) is 0 Å². The second kappa shape index (κ2) is 7.41.